The van der Waals surface area contributed by atoms with Crippen molar-refractivity contribution >= 4 is 29.6 Å². The number of rotatable bonds is 11. The lowest BCUT2D eigenvalue weighted by molar-refractivity contribution is -0.130. The van der Waals surface area contributed by atoms with Crippen LogP contribution in [0.15, 0.2) is 66.7 Å². The Hall–Kier alpha value is -4.79. The lowest BCUT2D eigenvalue weighted by Gasteiger charge is -2.22. The monoisotopic (exact) mass is 572 g/mol. The van der Waals surface area contributed by atoms with Crippen LogP contribution in [0.1, 0.15) is 55.2 Å². The summed E-state index contributed by atoms with van der Waals surface area (Å²) in [4.78, 5) is 36.3. The molecular weight excluding hydrogens is 536 g/mol. The lowest BCUT2D eigenvalue weighted by Crippen LogP contribution is -2.45. The number of carbonyl (C=O) groups is 3. The molecule has 0 saturated heterocycles. The molecule has 3 aromatic rings. The number of aliphatic carboxylic acids is 1. The minimum atomic E-state index is -1.07. The summed E-state index contributed by atoms with van der Waals surface area (Å²) in [6.45, 7) is 0. The van der Waals surface area contributed by atoms with Crippen LogP contribution < -0.4 is 24.8 Å². The van der Waals surface area contributed by atoms with E-state index in [0.717, 1.165) is 31.2 Å². The quantitative estimate of drug-likeness (QED) is 0.184. The second-order valence-corrected chi connectivity index (χ2v) is 10.1. The molecule has 42 heavy (non-hydrogen) atoms. The first-order valence-corrected chi connectivity index (χ1v) is 14.0. The van der Waals surface area contributed by atoms with E-state index in [1.807, 2.05) is 12.1 Å². The van der Waals surface area contributed by atoms with E-state index in [-0.39, 0.29) is 23.9 Å². The highest BCUT2D eigenvalue weighted by molar-refractivity contribution is 6.20. The molecule has 1 aliphatic rings. The van der Waals surface area contributed by atoms with Crippen molar-refractivity contribution < 1.29 is 33.7 Å². The fourth-order valence-electron chi connectivity index (χ4n) is 4.83. The predicted molar refractivity (Wildman–Crippen MR) is 160 cm³/mol. The van der Waals surface area contributed by atoms with E-state index in [4.69, 9.17) is 14.2 Å². The number of hydrogen-bond acceptors (Lipinski definition) is 6. The van der Waals surface area contributed by atoms with Gasteiger partial charge in [0.25, 0.3) is 0 Å². The second kappa shape index (κ2) is 14.7. The Bertz CT molecular complexity index is 1390. The number of benzene rings is 3. The number of amides is 3. The van der Waals surface area contributed by atoms with Gasteiger partial charge in [-0.25, -0.2) is 9.59 Å². The summed E-state index contributed by atoms with van der Waals surface area (Å²) in [5.41, 5.74) is 2.18. The van der Waals surface area contributed by atoms with Crippen LogP contribution in [-0.4, -0.2) is 43.3 Å². The molecule has 0 radical (unpaired) electrons. The highest BCUT2D eigenvalue weighted by atomic mass is 16.5. The molecule has 4 rings (SSSR count). The maximum absolute atomic E-state index is 12.2. The van der Waals surface area contributed by atoms with E-state index >= 15 is 0 Å². The molecule has 0 aromatic heterocycles. The van der Waals surface area contributed by atoms with Crippen LogP contribution in [-0.2, 0) is 16.0 Å². The number of carboxylic acid groups (broad SMARTS) is 1. The van der Waals surface area contributed by atoms with Gasteiger partial charge in [0.05, 0.1) is 19.8 Å². The van der Waals surface area contributed by atoms with Crippen molar-refractivity contribution in [2.24, 2.45) is 0 Å². The van der Waals surface area contributed by atoms with E-state index in [9.17, 15) is 19.5 Å². The van der Waals surface area contributed by atoms with Gasteiger partial charge in [0.15, 0.2) is 0 Å². The number of methoxy groups -OCH3 is 2. The van der Waals surface area contributed by atoms with Crippen molar-refractivity contribution in [2.45, 2.75) is 51.0 Å². The Kier molecular flexibility index (Phi) is 10.6. The average molecular weight is 573 g/mol. The first kappa shape index (κ1) is 30.2. The van der Waals surface area contributed by atoms with Gasteiger partial charge in [0, 0.05) is 18.5 Å². The minimum Gasteiger partial charge on any atom is -0.497 e. The molecule has 0 atom stereocenters. The van der Waals surface area contributed by atoms with Crippen LogP contribution in [0.4, 0.5) is 4.79 Å². The minimum absolute atomic E-state index is 0.108. The number of carboxylic acids is 1. The molecule has 0 heterocycles. The Morgan fingerprint density at radius 2 is 1.43 bits per heavy atom. The molecule has 0 aliphatic heterocycles. The number of hydrogen-bond donors (Lipinski definition) is 3. The third-order valence-electron chi connectivity index (χ3n) is 7.07. The van der Waals surface area contributed by atoms with Crippen molar-refractivity contribution in [1.82, 2.24) is 10.6 Å². The number of aryl methyl sites for hydroxylation is 1. The average Bonchev–Trinajstić information content (AvgIpc) is 3.00. The van der Waals surface area contributed by atoms with Gasteiger partial charge in [0.1, 0.15) is 23.0 Å². The Labute approximate surface area is 245 Å². The maximum Gasteiger partial charge on any atom is 0.336 e. The predicted octanol–water partition coefficient (Wildman–Crippen LogP) is 6.21. The number of urea groups is 1. The van der Waals surface area contributed by atoms with Gasteiger partial charge in [0.2, 0.25) is 5.91 Å². The molecule has 1 aliphatic carbocycles. The van der Waals surface area contributed by atoms with Crippen LogP contribution in [0.25, 0.3) is 11.6 Å². The van der Waals surface area contributed by atoms with E-state index in [1.165, 1.54) is 20.6 Å². The number of nitrogens with one attached hydrogen (secondary N) is 2. The zero-order valence-corrected chi connectivity index (χ0v) is 23.9. The fourth-order valence-corrected chi connectivity index (χ4v) is 4.83. The molecule has 1 saturated carbocycles. The van der Waals surface area contributed by atoms with Crippen molar-refractivity contribution in [3.63, 3.8) is 0 Å². The summed E-state index contributed by atoms with van der Waals surface area (Å²) in [6, 6.07) is 19.0. The molecule has 0 unspecified atom stereocenters. The molecule has 3 aromatic carbocycles. The number of ether oxygens (including phenoxy) is 3. The van der Waals surface area contributed by atoms with Gasteiger partial charge in [-0.1, -0.05) is 43.5 Å². The van der Waals surface area contributed by atoms with Crippen LogP contribution in [0.5, 0.6) is 23.0 Å². The van der Waals surface area contributed by atoms with E-state index in [2.05, 4.69) is 10.6 Å². The van der Waals surface area contributed by atoms with Gasteiger partial charge in [-0.05, 0) is 78.4 Å². The molecule has 9 heteroatoms. The molecule has 9 nitrogen and oxygen atoms in total. The van der Waals surface area contributed by atoms with Gasteiger partial charge < -0.3 is 24.6 Å². The maximum atomic E-state index is 12.2. The molecule has 1 fully saturated rings. The van der Waals surface area contributed by atoms with Crippen molar-refractivity contribution in [2.75, 3.05) is 14.2 Å². The van der Waals surface area contributed by atoms with Gasteiger partial charge in [-0.3, -0.25) is 10.1 Å². The molecular formula is C33H36N2O7. The van der Waals surface area contributed by atoms with E-state index in [1.54, 1.807) is 60.7 Å². The smallest absolute Gasteiger partial charge is 0.336 e. The molecule has 0 spiro atoms. The first-order chi connectivity index (χ1) is 20.3. The summed E-state index contributed by atoms with van der Waals surface area (Å²) in [6.07, 6.45) is 7.57. The summed E-state index contributed by atoms with van der Waals surface area (Å²) in [5, 5.41) is 15.2. The highest BCUT2D eigenvalue weighted by Crippen LogP contribution is 2.28. The van der Waals surface area contributed by atoms with Crippen LogP contribution in [0.2, 0.25) is 0 Å². The van der Waals surface area contributed by atoms with E-state index in [0.29, 0.717) is 40.5 Å². The summed E-state index contributed by atoms with van der Waals surface area (Å²) in [7, 11) is 3.07. The second-order valence-electron chi connectivity index (χ2n) is 10.1. The SMILES string of the molecule is COc1cc(C=C(C(=O)O)c2ccc(Oc3ccc(CCC(=O)NC(=O)NC4CCCCC4)cc3)cc2)cc(OC)c1. The Morgan fingerprint density at radius 3 is 2.00 bits per heavy atom. The molecule has 3 amide bonds. The van der Waals surface area contributed by atoms with Crippen molar-refractivity contribution in [1.29, 1.82) is 0 Å². The topological polar surface area (TPSA) is 123 Å². The van der Waals surface area contributed by atoms with Crippen molar-refractivity contribution in [3.05, 3.63) is 83.4 Å². The third-order valence-corrected chi connectivity index (χ3v) is 7.07. The summed E-state index contributed by atoms with van der Waals surface area (Å²) < 4.78 is 16.5. The van der Waals surface area contributed by atoms with Crippen LogP contribution in [0.3, 0.4) is 0 Å². The highest BCUT2D eigenvalue weighted by Gasteiger charge is 2.17. The van der Waals surface area contributed by atoms with Crippen LogP contribution in [0, 0.1) is 0 Å². The zero-order valence-electron chi connectivity index (χ0n) is 23.9. The largest absolute Gasteiger partial charge is 0.497 e. The third kappa shape index (κ3) is 8.86. The Balaban J connectivity index is 1.31. The standard InChI is InChI=1S/C33H36N2O7/c1-40-28-18-23(19-29(21-28)41-2)20-30(32(37)38)24-11-15-27(16-12-24)42-26-13-8-22(9-14-26)10-17-31(36)35-33(39)34-25-6-4-3-5-7-25/h8-9,11-16,18-21,25H,3-7,10,17H2,1-2H3,(H,37,38)(H2,34,35,36,39). The molecule has 3 N–H and O–H groups in total. The van der Waals surface area contributed by atoms with Gasteiger partial charge in [-0.2, -0.15) is 0 Å². The molecule has 0 bridgehead atoms. The first-order valence-electron chi connectivity index (χ1n) is 14.0. The van der Waals surface area contributed by atoms with Gasteiger partial charge >= 0.3 is 12.0 Å². The van der Waals surface area contributed by atoms with Gasteiger partial charge in [-0.15, -0.1) is 0 Å². The normalized spacial score (nSPS) is 13.6. The van der Waals surface area contributed by atoms with Crippen LogP contribution >= 0.6 is 0 Å². The number of imide groups is 1. The Morgan fingerprint density at radius 1 is 0.833 bits per heavy atom. The fraction of sp³-hybridized carbons (Fsp3) is 0.303. The summed E-state index contributed by atoms with van der Waals surface area (Å²) in [5.74, 6) is 0.868. The van der Waals surface area contributed by atoms with E-state index < -0.39 is 12.0 Å². The van der Waals surface area contributed by atoms with Crippen molar-refractivity contribution in [3.8, 4) is 23.0 Å². The zero-order chi connectivity index (χ0) is 29.9. The molecule has 220 valence electrons. The number of carbonyl (C=O) groups excluding carboxylic acids is 2. The summed E-state index contributed by atoms with van der Waals surface area (Å²) >= 11 is 0. The lowest BCUT2D eigenvalue weighted by atomic mass is 9.96.